The van der Waals surface area contributed by atoms with Gasteiger partial charge in [-0.2, -0.15) is 4.80 Å². The standard InChI is InChI=1S/C20H22Br2N6O3/c1-11-14(17(29)12-6-5-7-13(21)10-12)15(22)16(23-11)18-24-26-28(25-18)9-8-27(19(30)31)20(2,3)4/h5-7,10,23H,8-9H2,1-4H3,(H,30,31). The second-order valence-corrected chi connectivity index (χ2v) is 9.68. The summed E-state index contributed by atoms with van der Waals surface area (Å²) in [7, 11) is 0. The van der Waals surface area contributed by atoms with Gasteiger partial charge in [0.15, 0.2) is 5.78 Å². The highest BCUT2D eigenvalue weighted by molar-refractivity contribution is 9.11. The van der Waals surface area contributed by atoms with Crippen LogP contribution in [0, 0.1) is 6.92 Å². The fraction of sp³-hybridized carbons (Fsp3) is 0.350. The minimum atomic E-state index is -1.01. The lowest BCUT2D eigenvalue weighted by Gasteiger charge is -2.32. The molecule has 0 saturated carbocycles. The molecule has 2 aromatic heterocycles. The van der Waals surface area contributed by atoms with E-state index in [2.05, 4.69) is 52.3 Å². The Morgan fingerprint density at radius 3 is 2.58 bits per heavy atom. The predicted octanol–water partition coefficient (Wildman–Crippen LogP) is 4.51. The highest BCUT2D eigenvalue weighted by Crippen LogP contribution is 2.32. The number of rotatable bonds is 6. The quantitative estimate of drug-likeness (QED) is 0.434. The Kier molecular flexibility index (Phi) is 6.65. The van der Waals surface area contributed by atoms with Crippen LogP contribution in [0.15, 0.2) is 33.2 Å². The Balaban J connectivity index is 1.84. The van der Waals surface area contributed by atoms with Crippen LogP contribution in [0.3, 0.4) is 0 Å². The summed E-state index contributed by atoms with van der Waals surface area (Å²) in [5.74, 6) is 0.170. The van der Waals surface area contributed by atoms with E-state index in [1.807, 2.05) is 26.8 Å². The molecule has 0 unspecified atom stereocenters. The lowest BCUT2D eigenvalue weighted by Crippen LogP contribution is -2.46. The molecule has 11 heteroatoms. The number of benzene rings is 1. The molecule has 31 heavy (non-hydrogen) atoms. The number of carbonyl (C=O) groups excluding carboxylic acids is 1. The van der Waals surface area contributed by atoms with E-state index in [1.165, 1.54) is 9.70 Å². The molecule has 1 aromatic carbocycles. The van der Waals surface area contributed by atoms with Crippen LogP contribution >= 0.6 is 31.9 Å². The lowest BCUT2D eigenvalue weighted by molar-refractivity contribution is 0.0959. The van der Waals surface area contributed by atoms with E-state index in [1.54, 1.807) is 25.1 Å². The molecule has 3 aromatic rings. The number of halogens is 2. The second kappa shape index (κ2) is 8.91. The summed E-state index contributed by atoms with van der Waals surface area (Å²) in [5.41, 5.74) is 1.71. The first kappa shape index (κ1) is 23.1. The Morgan fingerprint density at radius 2 is 1.97 bits per heavy atom. The molecule has 0 bridgehead atoms. The van der Waals surface area contributed by atoms with E-state index in [9.17, 15) is 14.7 Å². The molecule has 0 aliphatic rings. The van der Waals surface area contributed by atoms with Crippen LogP contribution < -0.4 is 0 Å². The number of carboxylic acid groups (broad SMARTS) is 1. The zero-order valence-corrected chi connectivity index (χ0v) is 20.7. The Bertz CT molecular complexity index is 1130. The molecular formula is C20H22Br2N6O3. The Labute approximate surface area is 196 Å². The van der Waals surface area contributed by atoms with Gasteiger partial charge < -0.3 is 15.0 Å². The molecular weight excluding hydrogens is 532 g/mol. The largest absolute Gasteiger partial charge is 0.465 e. The van der Waals surface area contributed by atoms with Gasteiger partial charge in [-0.05, 0) is 61.0 Å². The van der Waals surface area contributed by atoms with Crippen molar-refractivity contribution in [1.29, 1.82) is 0 Å². The number of hydrogen-bond acceptors (Lipinski definition) is 5. The van der Waals surface area contributed by atoms with Gasteiger partial charge in [0.05, 0.1) is 16.6 Å². The first-order valence-corrected chi connectivity index (χ1v) is 11.0. The average Bonchev–Trinajstić information content (AvgIpc) is 3.24. The maximum atomic E-state index is 13.0. The molecule has 0 atom stereocenters. The zero-order valence-electron chi connectivity index (χ0n) is 17.5. The molecule has 2 N–H and O–H groups in total. The third kappa shape index (κ3) is 5.04. The third-order valence-corrected chi connectivity index (χ3v) is 5.97. The van der Waals surface area contributed by atoms with Gasteiger partial charge in [0.25, 0.3) is 0 Å². The summed E-state index contributed by atoms with van der Waals surface area (Å²) in [6, 6.07) is 7.18. The van der Waals surface area contributed by atoms with Gasteiger partial charge in [0, 0.05) is 27.8 Å². The molecule has 9 nitrogen and oxygen atoms in total. The van der Waals surface area contributed by atoms with Crippen LogP contribution in [0.25, 0.3) is 11.5 Å². The fourth-order valence-corrected chi connectivity index (χ4v) is 4.29. The zero-order chi connectivity index (χ0) is 22.9. The molecule has 0 aliphatic carbocycles. The average molecular weight is 554 g/mol. The van der Waals surface area contributed by atoms with Gasteiger partial charge in [-0.1, -0.05) is 28.1 Å². The van der Waals surface area contributed by atoms with E-state index in [4.69, 9.17) is 0 Å². The van der Waals surface area contributed by atoms with Crippen molar-refractivity contribution in [1.82, 2.24) is 30.1 Å². The van der Waals surface area contributed by atoms with Crippen molar-refractivity contribution < 1.29 is 14.7 Å². The van der Waals surface area contributed by atoms with E-state index < -0.39 is 11.6 Å². The minimum absolute atomic E-state index is 0.136. The van der Waals surface area contributed by atoms with Crippen molar-refractivity contribution in [2.75, 3.05) is 6.54 Å². The SMILES string of the molecule is Cc1[nH]c(-c2nnn(CCN(C(=O)O)C(C)(C)C)n2)c(Br)c1C(=O)c1cccc(Br)c1. The summed E-state index contributed by atoms with van der Waals surface area (Å²) in [5, 5.41) is 21.9. The van der Waals surface area contributed by atoms with Crippen LogP contribution in [0.5, 0.6) is 0 Å². The van der Waals surface area contributed by atoms with Gasteiger partial charge >= 0.3 is 6.09 Å². The van der Waals surface area contributed by atoms with Crippen molar-refractivity contribution in [3.05, 3.63) is 50.0 Å². The van der Waals surface area contributed by atoms with E-state index in [0.29, 0.717) is 32.8 Å². The van der Waals surface area contributed by atoms with Gasteiger partial charge in [0.2, 0.25) is 5.82 Å². The molecule has 3 rings (SSSR count). The summed E-state index contributed by atoms with van der Waals surface area (Å²) in [4.78, 5) is 30.3. The van der Waals surface area contributed by atoms with Gasteiger partial charge in [0.1, 0.15) is 5.69 Å². The van der Waals surface area contributed by atoms with Crippen LogP contribution in [0.4, 0.5) is 4.79 Å². The number of ketones is 1. The number of nitrogens with zero attached hydrogens (tertiary/aromatic N) is 5. The van der Waals surface area contributed by atoms with Crippen molar-refractivity contribution >= 4 is 43.7 Å². The summed E-state index contributed by atoms with van der Waals surface area (Å²) in [6.07, 6.45) is -1.01. The van der Waals surface area contributed by atoms with Crippen LogP contribution in [-0.2, 0) is 6.54 Å². The van der Waals surface area contributed by atoms with Crippen molar-refractivity contribution in [3.8, 4) is 11.5 Å². The normalized spacial score (nSPS) is 11.5. The molecule has 0 fully saturated rings. The number of aromatic nitrogens is 5. The number of carbonyl (C=O) groups is 2. The van der Waals surface area contributed by atoms with Gasteiger partial charge in [-0.25, -0.2) is 4.79 Å². The maximum Gasteiger partial charge on any atom is 0.407 e. The number of amides is 1. The van der Waals surface area contributed by atoms with E-state index in [0.717, 1.165) is 4.47 Å². The molecule has 164 valence electrons. The van der Waals surface area contributed by atoms with E-state index in [-0.39, 0.29) is 18.9 Å². The molecule has 2 heterocycles. The highest BCUT2D eigenvalue weighted by atomic mass is 79.9. The molecule has 0 aliphatic heterocycles. The molecule has 0 saturated heterocycles. The first-order valence-electron chi connectivity index (χ1n) is 9.46. The predicted molar refractivity (Wildman–Crippen MR) is 122 cm³/mol. The van der Waals surface area contributed by atoms with Crippen molar-refractivity contribution in [3.63, 3.8) is 0 Å². The van der Waals surface area contributed by atoms with Crippen molar-refractivity contribution in [2.45, 2.75) is 39.8 Å². The number of nitrogens with one attached hydrogen (secondary N) is 1. The number of H-pyrrole nitrogens is 1. The van der Waals surface area contributed by atoms with Crippen molar-refractivity contribution in [2.24, 2.45) is 0 Å². The first-order chi connectivity index (χ1) is 14.5. The maximum absolute atomic E-state index is 13.0. The van der Waals surface area contributed by atoms with E-state index >= 15 is 0 Å². The minimum Gasteiger partial charge on any atom is -0.465 e. The topological polar surface area (TPSA) is 117 Å². The lowest BCUT2D eigenvalue weighted by atomic mass is 10.0. The molecule has 0 radical (unpaired) electrons. The number of tetrazole rings is 1. The highest BCUT2D eigenvalue weighted by Gasteiger charge is 2.27. The smallest absolute Gasteiger partial charge is 0.407 e. The fourth-order valence-electron chi connectivity index (χ4n) is 3.14. The van der Waals surface area contributed by atoms with Crippen LogP contribution in [0.2, 0.25) is 0 Å². The number of aromatic amines is 1. The Hall–Kier alpha value is -2.53. The third-order valence-electron chi connectivity index (χ3n) is 4.68. The second-order valence-electron chi connectivity index (χ2n) is 7.97. The molecule has 1 amide bonds. The van der Waals surface area contributed by atoms with Gasteiger partial charge in [-0.3, -0.25) is 4.79 Å². The summed E-state index contributed by atoms with van der Waals surface area (Å²) in [6.45, 7) is 7.74. The van der Waals surface area contributed by atoms with Crippen LogP contribution in [-0.4, -0.2) is 59.2 Å². The van der Waals surface area contributed by atoms with Gasteiger partial charge in [-0.15, -0.1) is 10.2 Å². The summed E-state index contributed by atoms with van der Waals surface area (Å²) < 4.78 is 1.37. The number of hydrogen-bond donors (Lipinski definition) is 2. The number of aryl methyl sites for hydroxylation is 1. The molecule has 0 spiro atoms. The monoisotopic (exact) mass is 552 g/mol. The van der Waals surface area contributed by atoms with Crippen LogP contribution in [0.1, 0.15) is 42.4 Å². The summed E-state index contributed by atoms with van der Waals surface area (Å²) >= 11 is 6.89. The Morgan fingerprint density at radius 1 is 1.26 bits per heavy atom.